The molecule has 4 heterocycles. The average molecular weight is 490 g/mol. The van der Waals surface area contributed by atoms with Gasteiger partial charge in [-0.25, -0.2) is 0 Å². The number of para-hydroxylation sites is 1. The molecular weight excluding hydrogens is 466 g/mol. The van der Waals surface area contributed by atoms with Crippen LogP contribution in [0.2, 0.25) is 0 Å². The normalized spacial score (nSPS) is 17.1. The van der Waals surface area contributed by atoms with Gasteiger partial charge in [0.05, 0.1) is 11.7 Å². The summed E-state index contributed by atoms with van der Waals surface area (Å²) in [6, 6.07) is 31.7. The number of nitrogens with zero attached hydrogens (tertiary/aromatic N) is 4. The van der Waals surface area contributed by atoms with E-state index in [4.69, 9.17) is 17.0 Å². The van der Waals surface area contributed by atoms with Gasteiger partial charge in [-0.3, -0.25) is 9.97 Å². The molecule has 3 aromatic heterocycles. The van der Waals surface area contributed by atoms with Gasteiger partial charge in [0.1, 0.15) is 17.5 Å². The van der Waals surface area contributed by atoms with E-state index in [9.17, 15) is 0 Å². The summed E-state index contributed by atoms with van der Waals surface area (Å²) in [5.74, 6) is 1.56. The molecule has 6 rings (SSSR count). The molecule has 1 saturated heterocycles. The molecule has 0 unspecified atom stereocenters. The van der Waals surface area contributed by atoms with Gasteiger partial charge in [-0.2, -0.15) is 0 Å². The van der Waals surface area contributed by atoms with Gasteiger partial charge in [0.15, 0.2) is 5.11 Å². The minimum absolute atomic E-state index is 0.128. The van der Waals surface area contributed by atoms with Crippen molar-refractivity contribution in [1.82, 2.24) is 19.9 Å². The predicted molar refractivity (Wildman–Crippen MR) is 144 cm³/mol. The van der Waals surface area contributed by atoms with E-state index in [-0.39, 0.29) is 12.1 Å². The number of ether oxygens (including phenoxy) is 1. The van der Waals surface area contributed by atoms with Crippen LogP contribution in [-0.4, -0.2) is 19.6 Å². The van der Waals surface area contributed by atoms with Gasteiger partial charge in [-0.05, 0) is 85.0 Å². The van der Waals surface area contributed by atoms with Gasteiger partial charge in [0.25, 0.3) is 0 Å². The van der Waals surface area contributed by atoms with Crippen molar-refractivity contribution in [1.29, 1.82) is 0 Å². The fraction of sp³-hybridized carbons (Fsp3) is 0.0690. The van der Waals surface area contributed by atoms with Crippen molar-refractivity contribution in [3.05, 3.63) is 133 Å². The zero-order chi connectivity index (χ0) is 24.3. The van der Waals surface area contributed by atoms with Gasteiger partial charge in [0.2, 0.25) is 0 Å². The molecule has 0 saturated carbocycles. The number of pyridine rings is 2. The van der Waals surface area contributed by atoms with Crippen LogP contribution in [0, 0.1) is 0 Å². The lowest BCUT2D eigenvalue weighted by molar-refractivity contribution is 0.482. The molecule has 6 nitrogen and oxygen atoms in total. The zero-order valence-corrected chi connectivity index (χ0v) is 20.1. The molecular formula is C29H23N5OS. The SMILES string of the molecule is S=C1N[C@H](c2ccccn2)[C@@H](c2cccn2-c2ccncc2)N1c1ccc(Oc2ccccc2)cc1. The smallest absolute Gasteiger partial charge is 0.174 e. The molecule has 1 aliphatic rings. The lowest BCUT2D eigenvalue weighted by Crippen LogP contribution is -2.30. The van der Waals surface area contributed by atoms with Crippen LogP contribution in [-0.2, 0) is 0 Å². The van der Waals surface area contributed by atoms with Crippen molar-refractivity contribution in [2.45, 2.75) is 12.1 Å². The van der Waals surface area contributed by atoms with E-state index in [2.05, 4.69) is 43.1 Å². The Labute approximate surface area is 214 Å². The molecule has 0 amide bonds. The fourth-order valence-electron chi connectivity index (χ4n) is 4.61. The molecule has 1 aliphatic heterocycles. The highest BCUT2D eigenvalue weighted by Gasteiger charge is 2.42. The maximum atomic E-state index is 6.00. The second kappa shape index (κ2) is 9.64. The highest BCUT2D eigenvalue weighted by molar-refractivity contribution is 7.80. The molecule has 0 aliphatic carbocycles. The molecule has 2 aromatic carbocycles. The first kappa shape index (κ1) is 22.0. The molecule has 1 fully saturated rings. The molecule has 7 heteroatoms. The first-order chi connectivity index (χ1) is 17.8. The Morgan fingerprint density at radius 3 is 2.22 bits per heavy atom. The van der Waals surface area contributed by atoms with Crippen LogP contribution in [0.25, 0.3) is 5.69 Å². The van der Waals surface area contributed by atoms with Gasteiger partial charge in [-0.15, -0.1) is 0 Å². The van der Waals surface area contributed by atoms with Crippen molar-refractivity contribution >= 4 is 23.0 Å². The number of thiocarbonyl (C=S) groups is 1. The van der Waals surface area contributed by atoms with Crippen LogP contribution in [0.15, 0.2) is 122 Å². The zero-order valence-electron chi connectivity index (χ0n) is 19.3. The maximum absolute atomic E-state index is 6.00. The Bertz CT molecular complexity index is 1460. The average Bonchev–Trinajstić information content (AvgIpc) is 3.55. The van der Waals surface area contributed by atoms with Gasteiger partial charge in [-0.1, -0.05) is 24.3 Å². The molecule has 176 valence electrons. The number of anilines is 1. The number of hydrogen-bond donors (Lipinski definition) is 1. The van der Waals surface area contributed by atoms with Crippen LogP contribution in [0.4, 0.5) is 5.69 Å². The molecule has 0 spiro atoms. The molecule has 36 heavy (non-hydrogen) atoms. The lowest BCUT2D eigenvalue weighted by Gasteiger charge is -2.29. The standard InChI is InChI=1S/C29H23N5OS/c36-29-32-27(25-9-4-5-17-31-25)28(26-10-6-20-33(26)21-15-18-30-19-16-21)34(29)22-11-13-24(14-12-22)35-23-7-2-1-3-8-23/h1-20,27-28H,(H,32,36)/t27-,28-/m1/s1. The van der Waals surface area contributed by atoms with E-state index in [1.807, 2.05) is 91.1 Å². The fourth-order valence-corrected chi connectivity index (χ4v) is 4.95. The van der Waals surface area contributed by atoms with Crippen LogP contribution in [0.1, 0.15) is 23.5 Å². The van der Waals surface area contributed by atoms with Crippen molar-refractivity contribution in [3.63, 3.8) is 0 Å². The number of aromatic nitrogens is 3. The van der Waals surface area contributed by atoms with E-state index in [0.717, 1.165) is 34.3 Å². The number of nitrogens with one attached hydrogen (secondary N) is 1. The van der Waals surface area contributed by atoms with Gasteiger partial charge in [0, 0.05) is 41.9 Å². The monoisotopic (exact) mass is 489 g/mol. The minimum atomic E-state index is -0.130. The number of benzene rings is 2. The molecule has 0 radical (unpaired) electrons. The third-order valence-corrected chi connectivity index (χ3v) is 6.53. The summed E-state index contributed by atoms with van der Waals surface area (Å²) in [5, 5.41) is 4.18. The van der Waals surface area contributed by atoms with Crippen LogP contribution in [0.5, 0.6) is 11.5 Å². The van der Waals surface area contributed by atoms with E-state index < -0.39 is 0 Å². The summed E-state index contributed by atoms with van der Waals surface area (Å²) in [5.41, 5.74) is 4.03. The minimum Gasteiger partial charge on any atom is -0.457 e. The molecule has 2 atom stereocenters. The summed E-state index contributed by atoms with van der Waals surface area (Å²) in [7, 11) is 0. The Morgan fingerprint density at radius 2 is 1.47 bits per heavy atom. The Morgan fingerprint density at radius 1 is 0.722 bits per heavy atom. The summed E-state index contributed by atoms with van der Waals surface area (Å²) in [6.07, 6.45) is 7.49. The van der Waals surface area contributed by atoms with Crippen LogP contribution < -0.4 is 15.0 Å². The number of hydrogen-bond acceptors (Lipinski definition) is 4. The lowest BCUT2D eigenvalue weighted by atomic mass is 10.0. The van der Waals surface area contributed by atoms with E-state index in [1.165, 1.54) is 0 Å². The highest BCUT2D eigenvalue weighted by Crippen LogP contribution is 2.42. The van der Waals surface area contributed by atoms with Crippen LogP contribution >= 0.6 is 12.2 Å². The van der Waals surface area contributed by atoms with Crippen molar-refractivity contribution in [3.8, 4) is 17.2 Å². The quantitative estimate of drug-likeness (QED) is 0.285. The van der Waals surface area contributed by atoms with E-state index in [1.54, 1.807) is 12.4 Å². The third kappa shape index (κ3) is 4.21. The summed E-state index contributed by atoms with van der Waals surface area (Å²) < 4.78 is 8.18. The van der Waals surface area contributed by atoms with Crippen LogP contribution in [0.3, 0.4) is 0 Å². The second-order valence-electron chi connectivity index (χ2n) is 8.41. The van der Waals surface area contributed by atoms with Gasteiger partial charge < -0.3 is 19.5 Å². The first-order valence-electron chi connectivity index (χ1n) is 11.7. The van der Waals surface area contributed by atoms with E-state index in [0.29, 0.717) is 5.11 Å². The third-order valence-electron chi connectivity index (χ3n) is 6.22. The largest absolute Gasteiger partial charge is 0.457 e. The Balaban J connectivity index is 1.40. The van der Waals surface area contributed by atoms with Crippen molar-refractivity contribution < 1.29 is 4.74 Å². The summed E-state index contributed by atoms with van der Waals surface area (Å²) in [4.78, 5) is 11.0. The van der Waals surface area contributed by atoms with Gasteiger partial charge >= 0.3 is 0 Å². The summed E-state index contributed by atoms with van der Waals surface area (Å²) >= 11 is 5.88. The Hall–Kier alpha value is -4.49. The summed E-state index contributed by atoms with van der Waals surface area (Å²) in [6.45, 7) is 0. The van der Waals surface area contributed by atoms with Crippen molar-refractivity contribution in [2.75, 3.05) is 4.90 Å². The van der Waals surface area contributed by atoms with Crippen molar-refractivity contribution in [2.24, 2.45) is 0 Å². The second-order valence-corrected chi connectivity index (χ2v) is 8.80. The molecule has 0 bridgehead atoms. The first-order valence-corrected chi connectivity index (χ1v) is 12.1. The molecule has 1 N–H and O–H groups in total. The highest BCUT2D eigenvalue weighted by atomic mass is 32.1. The van der Waals surface area contributed by atoms with E-state index >= 15 is 0 Å². The predicted octanol–water partition coefficient (Wildman–Crippen LogP) is 6.24. The topological polar surface area (TPSA) is 55.2 Å². The number of rotatable bonds is 6. The molecule has 5 aromatic rings. The maximum Gasteiger partial charge on any atom is 0.174 e. The Kier molecular flexibility index (Phi) is 5.89.